The van der Waals surface area contributed by atoms with Gasteiger partial charge in [0.05, 0.1) is 12.5 Å². The van der Waals surface area contributed by atoms with Gasteiger partial charge in [0.1, 0.15) is 11.6 Å². The molecule has 2 aromatic carbocycles. The fourth-order valence-corrected chi connectivity index (χ4v) is 3.09. The molecule has 0 spiro atoms. The smallest absolute Gasteiger partial charge is 0.310 e. The van der Waals surface area contributed by atoms with Gasteiger partial charge in [-0.05, 0) is 48.7 Å². The number of ether oxygens (including phenoxy) is 1. The van der Waals surface area contributed by atoms with Crippen LogP contribution in [0.1, 0.15) is 24.5 Å². The van der Waals surface area contributed by atoms with E-state index in [0.717, 1.165) is 11.1 Å². The molecule has 0 bridgehead atoms. The Morgan fingerprint density at radius 3 is 1.91 bits per heavy atom. The molecule has 4 heteroatoms. The second-order valence-corrected chi connectivity index (χ2v) is 5.49. The van der Waals surface area contributed by atoms with Crippen LogP contribution < -0.4 is 0 Å². The number of rotatable bonds is 4. The first-order valence-corrected chi connectivity index (χ1v) is 7.26. The van der Waals surface area contributed by atoms with Crippen LogP contribution in [0, 0.1) is 17.6 Å². The zero-order chi connectivity index (χ0) is 15.7. The minimum absolute atomic E-state index is 0.267. The second-order valence-electron chi connectivity index (χ2n) is 5.49. The van der Waals surface area contributed by atoms with Gasteiger partial charge in [-0.15, -0.1) is 0 Å². The van der Waals surface area contributed by atoms with E-state index in [4.69, 9.17) is 4.74 Å². The lowest BCUT2D eigenvalue weighted by Gasteiger charge is -2.18. The summed E-state index contributed by atoms with van der Waals surface area (Å²) in [5, 5.41) is 0. The van der Waals surface area contributed by atoms with Gasteiger partial charge in [-0.3, -0.25) is 4.79 Å². The molecule has 0 radical (unpaired) electrons. The summed E-state index contributed by atoms with van der Waals surface area (Å²) < 4.78 is 31.5. The Balaban J connectivity index is 2.02. The van der Waals surface area contributed by atoms with Crippen LogP contribution in [0.3, 0.4) is 0 Å². The van der Waals surface area contributed by atoms with Gasteiger partial charge in [-0.25, -0.2) is 8.78 Å². The van der Waals surface area contributed by atoms with Crippen molar-refractivity contribution >= 4 is 5.97 Å². The molecule has 0 heterocycles. The van der Waals surface area contributed by atoms with Crippen molar-refractivity contribution in [3.63, 3.8) is 0 Å². The molecule has 2 nitrogen and oxygen atoms in total. The molecule has 0 aliphatic heterocycles. The maximum Gasteiger partial charge on any atom is 0.310 e. The standard InChI is InChI=1S/C18H16F2O2/c1-2-22-17(21)16-11-18(16,12-3-7-14(19)8-4-12)13-5-9-15(20)10-6-13/h3-10,16H,2,11H2,1H3. The first kappa shape index (κ1) is 14.7. The minimum atomic E-state index is -0.548. The summed E-state index contributed by atoms with van der Waals surface area (Å²) in [6.07, 6.45) is 0.586. The van der Waals surface area contributed by atoms with Crippen molar-refractivity contribution in [2.24, 2.45) is 5.92 Å². The van der Waals surface area contributed by atoms with Gasteiger partial charge in [0.2, 0.25) is 0 Å². The minimum Gasteiger partial charge on any atom is -0.466 e. The lowest BCUT2D eigenvalue weighted by molar-refractivity contribution is -0.145. The Morgan fingerprint density at radius 2 is 1.50 bits per heavy atom. The van der Waals surface area contributed by atoms with Crippen molar-refractivity contribution in [1.29, 1.82) is 0 Å². The molecule has 1 aliphatic rings. The van der Waals surface area contributed by atoms with Gasteiger partial charge in [-0.2, -0.15) is 0 Å². The number of carbonyl (C=O) groups excluding carboxylic acids is 1. The van der Waals surface area contributed by atoms with E-state index in [2.05, 4.69) is 0 Å². The van der Waals surface area contributed by atoms with E-state index in [1.165, 1.54) is 24.3 Å². The molecule has 1 fully saturated rings. The van der Waals surface area contributed by atoms with E-state index in [-0.39, 0.29) is 23.5 Å². The Kier molecular flexibility index (Phi) is 3.69. The number of hydrogen-bond acceptors (Lipinski definition) is 2. The van der Waals surface area contributed by atoms with E-state index < -0.39 is 5.41 Å². The first-order valence-electron chi connectivity index (χ1n) is 7.26. The third kappa shape index (κ3) is 2.39. The average molecular weight is 302 g/mol. The summed E-state index contributed by atoms with van der Waals surface area (Å²) in [6.45, 7) is 2.08. The van der Waals surface area contributed by atoms with Crippen molar-refractivity contribution < 1.29 is 18.3 Å². The third-order valence-corrected chi connectivity index (χ3v) is 4.25. The summed E-state index contributed by atoms with van der Waals surface area (Å²) in [4.78, 5) is 12.1. The molecular formula is C18H16F2O2. The molecule has 1 atom stereocenters. The van der Waals surface area contributed by atoms with Crippen LogP contribution in [0.2, 0.25) is 0 Å². The highest BCUT2D eigenvalue weighted by Gasteiger charge is 2.61. The average Bonchev–Trinajstić information content (AvgIpc) is 3.26. The van der Waals surface area contributed by atoms with Crippen LogP contribution in [-0.4, -0.2) is 12.6 Å². The Morgan fingerprint density at radius 1 is 1.05 bits per heavy atom. The zero-order valence-corrected chi connectivity index (χ0v) is 12.2. The maximum atomic E-state index is 13.2. The van der Waals surface area contributed by atoms with Gasteiger partial charge in [0.25, 0.3) is 0 Å². The highest BCUT2D eigenvalue weighted by atomic mass is 19.1. The molecule has 1 unspecified atom stereocenters. The van der Waals surface area contributed by atoms with Crippen molar-refractivity contribution in [2.75, 3.05) is 6.61 Å². The SMILES string of the molecule is CCOC(=O)C1CC1(c1ccc(F)cc1)c1ccc(F)cc1. The molecule has 3 rings (SSSR count). The van der Waals surface area contributed by atoms with Crippen LogP contribution in [-0.2, 0) is 14.9 Å². The van der Waals surface area contributed by atoms with Crippen molar-refractivity contribution in [1.82, 2.24) is 0 Å². The molecule has 0 N–H and O–H groups in total. The number of esters is 1. The van der Waals surface area contributed by atoms with Gasteiger partial charge >= 0.3 is 5.97 Å². The van der Waals surface area contributed by atoms with Crippen molar-refractivity contribution in [3.8, 4) is 0 Å². The van der Waals surface area contributed by atoms with Gasteiger partial charge < -0.3 is 4.74 Å². The summed E-state index contributed by atoms with van der Waals surface area (Å²) >= 11 is 0. The van der Waals surface area contributed by atoms with Crippen LogP contribution in [0.4, 0.5) is 8.78 Å². The number of benzene rings is 2. The highest BCUT2D eigenvalue weighted by molar-refractivity contribution is 5.81. The van der Waals surface area contributed by atoms with Crippen LogP contribution in [0.15, 0.2) is 48.5 Å². The predicted molar refractivity (Wildman–Crippen MR) is 78.3 cm³/mol. The van der Waals surface area contributed by atoms with Gasteiger partial charge in [0.15, 0.2) is 0 Å². The topological polar surface area (TPSA) is 26.3 Å². The Labute approximate surface area is 127 Å². The largest absolute Gasteiger partial charge is 0.466 e. The second kappa shape index (κ2) is 5.52. The molecule has 1 saturated carbocycles. The van der Waals surface area contributed by atoms with Crippen LogP contribution >= 0.6 is 0 Å². The summed E-state index contributed by atoms with van der Waals surface area (Å²) in [5.41, 5.74) is 1.14. The summed E-state index contributed by atoms with van der Waals surface area (Å²) in [7, 11) is 0. The predicted octanol–water partition coefficient (Wildman–Crippen LogP) is 3.83. The first-order chi connectivity index (χ1) is 10.6. The molecular weight excluding hydrogens is 286 g/mol. The lowest BCUT2D eigenvalue weighted by atomic mass is 9.85. The maximum absolute atomic E-state index is 13.2. The molecule has 2 aromatic rings. The number of halogens is 2. The highest BCUT2D eigenvalue weighted by Crippen LogP contribution is 2.59. The van der Waals surface area contributed by atoms with Gasteiger partial charge in [0, 0.05) is 5.41 Å². The van der Waals surface area contributed by atoms with Crippen LogP contribution in [0.25, 0.3) is 0 Å². The quantitative estimate of drug-likeness (QED) is 0.802. The van der Waals surface area contributed by atoms with Crippen molar-refractivity contribution in [3.05, 3.63) is 71.3 Å². The monoisotopic (exact) mass is 302 g/mol. The Hall–Kier alpha value is -2.23. The fraction of sp³-hybridized carbons (Fsp3) is 0.278. The van der Waals surface area contributed by atoms with E-state index in [0.29, 0.717) is 13.0 Å². The summed E-state index contributed by atoms with van der Waals surface area (Å²) in [6, 6.07) is 12.2. The number of carbonyl (C=O) groups is 1. The summed E-state index contributed by atoms with van der Waals surface area (Å²) in [5.74, 6) is -1.24. The van der Waals surface area contributed by atoms with Gasteiger partial charge in [-0.1, -0.05) is 24.3 Å². The van der Waals surface area contributed by atoms with Crippen molar-refractivity contribution in [2.45, 2.75) is 18.8 Å². The molecule has 0 amide bonds. The van der Waals surface area contributed by atoms with E-state index in [1.807, 2.05) is 0 Å². The number of hydrogen-bond donors (Lipinski definition) is 0. The van der Waals surface area contributed by atoms with E-state index >= 15 is 0 Å². The molecule has 0 saturated heterocycles. The molecule has 0 aromatic heterocycles. The van der Waals surface area contributed by atoms with E-state index in [1.54, 1.807) is 31.2 Å². The van der Waals surface area contributed by atoms with E-state index in [9.17, 15) is 13.6 Å². The normalized spacial score (nSPS) is 18.8. The third-order valence-electron chi connectivity index (χ3n) is 4.25. The fourth-order valence-electron chi connectivity index (χ4n) is 3.09. The zero-order valence-electron chi connectivity index (χ0n) is 12.2. The lowest BCUT2D eigenvalue weighted by Crippen LogP contribution is -2.19. The molecule has 114 valence electrons. The Bertz CT molecular complexity index is 632. The van der Waals surface area contributed by atoms with Crippen LogP contribution in [0.5, 0.6) is 0 Å². The molecule has 22 heavy (non-hydrogen) atoms. The molecule has 1 aliphatic carbocycles.